The second kappa shape index (κ2) is 6.67. The third-order valence-corrected chi connectivity index (χ3v) is 3.65. The standard InChI is InChI=1S/C15H19FN2O3/c1-11-2-3-13(16)12(10-11)15(21)18-8-6-17(7-9-18)5-4-14(19)20/h2-3,10H,4-9H2,1H3,(H,19,20). The molecule has 2 rings (SSSR count). The van der Waals surface area contributed by atoms with Gasteiger partial charge in [0.1, 0.15) is 5.82 Å². The summed E-state index contributed by atoms with van der Waals surface area (Å²) in [5.41, 5.74) is 0.953. The first-order valence-electron chi connectivity index (χ1n) is 6.97. The van der Waals surface area contributed by atoms with Gasteiger partial charge in [0.25, 0.3) is 5.91 Å². The Morgan fingerprint density at radius 2 is 1.90 bits per heavy atom. The minimum absolute atomic E-state index is 0.0977. The van der Waals surface area contributed by atoms with Crippen LogP contribution in [0.1, 0.15) is 22.3 Å². The summed E-state index contributed by atoms with van der Waals surface area (Å²) in [6.07, 6.45) is 0.0977. The summed E-state index contributed by atoms with van der Waals surface area (Å²) in [5.74, 6) is -1.62. The first-order valence-corrected chi connectivity index (χ1v) is 6.97. The quantitative estimate of drug-likeness (QED) is 0.911. The Morgan fingerprint density at radius 1 is 1.24 bits per heavy atom. The highest BCUT2D eigenvalue weighted by atomic mass is 19.1. The van der Waals surface area contributed by atoms with E-state index in [1.807, 2.05) is 11.8 Å². The Kier molecular flexibility index (Phi) is 4.90. The van der Waals surface area contributed by atoms with E-state index in [4.69, 9.17) is 5.11 Å². The van der Waals surface area contributed by atoms with Crippen molar-refractivity contribution in [2.45, 2.75) is 13.3 Å². The lowest BCUT2D eigenvalue weighted by atomic mass is 10.1. The van der Waals surface area contributed by atoms with Crippen molar-refractivity contribution < 1.29 is 19.1 Å². The average Bonchev–Trinajstić information content (AvgIpc) is 2.47. The van der Waals surface area contributed by atoms with Crippen LogP contribution in [0.15, 0.2) is 18.2 Å². The van der Waals surface area contributed by atoms with Crippen molar-refractivity contribution in [3.8, 4) is 0 Å². The zero-order valence-electron chi connectivity index (χ0n) is 12.0. The number of aliphatic carboxylic acids is 1. The molecule has 114 valence electrons. The van der Waals surface area contributed by atoms with Crippen LogP contribution >= 0.6 is 0 Å². The molecule has 6 heteroatoms. The molecule has 1 heterocycles. The van der Waals surface area contributed by atoms with Crippen molar-refractivity contribution in [3.63, 3.8) is 0 Å². The molecule has 1 N–H and O–H groups in total. The zero-order valence-corrected chi connectivity index (χ0v) is 12.0. The molecule has 1 saturated heterocycles. The summed E-state index contributed by atoms with van der Waals surface area (Å²) >= 11 is 0. The molecular formula is C15H19FN2O3. The summed E-state index contributed by atoms with van der Waals surface area (Å²) in [4.78, 5) is 26.5. The molecule has 0 aromatic heterocycles. The number of nitrogens with zero attached hydrogens (tertiary/aromatic N) is 2. The maximum absolute atomic E-state index is 13.7. The predicted octanol–water partition coefficient (Wildman–Crippen LogP) is 1.37. The number of carbonyl (C=O) groups is 2. The Balaban J connectivity index is 1.94. The topological polar surface area (TPSA) is 60.9 Å². The molecule has 1 aliphatic heterocycles. The van der Waals surface area contributed by atoms with Crippen LogP contribution in [0.2, 0.25) is 0 Å². The third kappa shape index (κ3) is 4.01. The smallest absolute Gasteiger partial charge is 0.304 e. The Bertz CT molecular complexity index is 540. The fraction of sp³-hybridized carbons (Fsp3) is 0.467. The van der Waals surface area contributed by atoms with Gasteiger partial charge in [-0.25, -0.2) is 4.39 Å². The molecular weight excluding hydrogens is 275 g/mol. The molecule has 0 radical (unpaired) electrons. The van der Waals surface area contributed by atoms with E-state index in [9.17, 15) is 14.0 Å². The number of carboxylic acid groups (broad SMARTS) is 1. The molecule has 0 bridgehead atoms. The van der Waals surface area contributed by atoms with Gasteiger partial charge >= 0.3 is 5.97 Å². The summed E-state index contributed by atoms with van der Waals surface area (Å²) < 4.78 is 13.7. The summed E-state index contributed by atoms with van der Waals surface area (Å²) in [6.45, 7) is 4.52. The fourth-order valence-electron chi connectivity index (χ4n) is 2.40. The molecule has 1 aliphatic rings. The van der Waals surface area contributed by atoms with Crippen LogP contribution in [0.4, 0.5) is 4.39 Å². The number of benzene rings is 1. The lowest BCUT2D eigenvalue weighted by Gasteiger charge is -2.34. The maximum Gasteiger partial charge on any atom is 0.304 e. The normalized spacial score (nSPS) is 16.0. The molecule has 0 spiro atoms. The lowest BCUT2D eigenvalue weighted by Crippen LogP contribution is -2.49. The number of aryl methyl sites for hydroxylation is 1. The number of halogens is 1. The van der Waals surface area contributed by atoms with Crippen molar-refractivity contribution in [1.82, 2.24) is 9.80 Å². The molecule has 1 fully saturated rings. The van der Waals surface area contributed by atoms with Crippen LogP contribution in [0.5, 0.6) is 0 Å². The van der Waals surface area contributed by atoms with Crippen molar-refractivity contribution in [1.29, 1.82) is 0 Å². The van der Waals surface area contributed by atoms with Gasteiger partial charge in [-0.3, -0.25) is 14.5 Å². The minimum Gasteiger partial charge on any atom is -0.481 e. The minimum atomic E-state index is -0.824. The number of hydrogen-bond donors (Lipinski definition) is 1. The van der Waals surface area contributed by atoms with Gasteiger partial charge in [-0.1, -0.05) is 11.6 Å². The summed E-state index contributed by atoms with van der Waals surface area (Å²) in [7, 11) is 0. The first-order chi connectivity index (χ1) is 9.97. The molecule has 0 atom stereocenters. The molecule has 1 aromatic carbocycles. The molecule has 21 heavy (non-hydrogen) atoms. The van der Waals surface area contributed by atoms with Gasteiger partial charge in [0, 0.05) is 32.7 Å². The fourth-order valence-corrected chi connectivity index (χ4v) is 2.40. The van der Waals surface area contributed by atoms with Crippen LogP contribution in [-0.2, 0) is 4.79 Å². The molecule has 1 amide bonds. The van der Waals surface area contributed by atoms with E-state index in [2.05, 4.69) is 0 Å². The number of piperazine rings is 1. The molecule has 5 nitrogen and oxygen atoms in total. The molecule has 0 saturated carbocycles. The van der Waals surface area contributed by atoms with E-state index < -0.39 is 11.8 Å². The Labute approximate surface area is 123 Å². The van der Waals surface area contributed by atoms with Gasteiger partial charge < -0.3 is 10.0 Å². The highest BCUT2D eigenvalue weighted by Crippen LogP contribution is 2.14. The van der Waals surface area contributed by atoms with Crippen molar-refractivity contribution in [2.24, 2.45) is 0 Å². The van der Waals surface area contributed by atoms with Gasteiger partial charge in [-0.15, -0.1) is 0 Å². The lowest BCUT2D eigenvalue weighted by molar-refractivity contribution is -0.137. The van der Waals surface area contributed by atoms with E-state index in [-0.39, 0.29) is 17.9 Å². The van der Waals surface area contributed by atoms with Crippen molar-refractivity contribution in [3.05, 3.63) is 35.1 Å². The number of hydrogen-bond acceptors (Lipinski definition) is 3. The van der Waals surface area contributed by atoms with Crippen LogP contribution in [0.3, 0.4) is 0 Å². The number of amides is 1. The van der Waals surface area contributed by atoms with E-state index in [0.717, 1.165) is 5.56 Å². The summed E-state index contributed by atoms with van der Waals surface area (Å²) in [6, 6.07) is 4.51. The molecule has 0 unspecified atom stereocenters. The van der Waals surface area contributed by atoms with E-state index in [0.29, 0.717) is 32.7 Å². The first kappa shape index (κ1) is 15.4. The van der Waals surface area contributed by atoms with Crippen LogP contribution in [-0.4, -0.2) is 59.5 Å². The predicted molar refractivity (Wildman–Crippen MR) is 75.7 cm³/mol. The second-order valence-corrected chi connectivity index (χ2v) is 5.26. The molecule has 0 aliphatic carbocycles. The van der Waals surface area contributed by atoms with E-state index in [1.54, 1.807) is 17.0 Å². The average molecular weight is 294 g/mol. The van der Waals surface area contributed by atoms with Gasteiger partial charge in [0.15, 0.2) is 0 Å². The van der Waals surface area contributed by atoms with Gasteiger partial charge in [-0.2, -0.15) is 0 Å². The van der Waals surface area contributed by atoms with Crippen LogP contribution in [0, 0.1) is 12.7 Å². The van der Waals surface area contributed by atoms with E-state index >= 15 is 0 Å². The highest BCUT2D eigenvalue weighted by Gasteiger charge is 2.24. The van der Waals surface area contributed by atoms with Gasteiger partial charge in [-0.05, 0) is 19.1 Å². The Hall–Kier alpha value is -1.95. The third-order valence-electron chi connectivity index (χ3n) is 3.65. The van der Waals surface area contributed by atoms with Crippen LogP contribution in [0.25, 0.3) is 0 Å². The highest BCUT2D eigenvalue weighted by molar-refractivity contribution is 5.94. The summed E-state index contributed by atoms with van der Waals surface area (Å²) in [5, 5.41) is 8.66. The van der Waals surface area contributed by atoms with Gasteiger partial charge in [0.2, 0.25) is 0 Å². The van der Waals surface area contributed by atoms with Crippen molar-refractivity contribution >= 4 is 11.9 Å². The number of carboxylic acids is 1. The largest absolute Gasteiger partial charge is 0.481 e. The number of rotatable bonds is 4. The zero-order chi connectivity index (χ0) is 15.4. The monoisotopic (exact) mass is 294 g/mol. The Morgan fingerprint density at radius 3 is 2.52 bits per heavy atom. The van der Waals surface area contributed by atoms with Crippen molar-refractivity contribution in [2.75, 3.05) is 32.7 Å². The van der Waals surface area contributed by atoms with Crippen LogP contribution < -0.4 is 0 Å². The SMILES string of the molecule is Cc1ccc(F)c(C(=O)N2CCN(CCC(=O)O)CC2)c1. The maximum atomic E-state index is 13.7. The van der Waals surface area contributed by atoms with E-state index in [1.165, 1.54) is 6.07 Å². The second-order valence-electron chi connectivity index (χ2n) is 5.26. The van der Waals surface area contributed by atoms with Gasteiger partial charge in [0.05, 0.1) is 12.0 Å². The number of carbonyl (C=O) groups excluding carboxylic acids is 1. The molecule has 1 aromatic rings.